The molecule has 1 aliphatic rings. The monoisotopic (exact) mass is 187 g/mol. The van der Waals surface area contributed by atoms with Gasteiger partial charge in [0.05, 0.1) is 12.7 Å². The van der Waals surface area contributed by atoms with E-state index in [4.69, 9.17) is 35.3 Å². The highest BCUT2D eigenvalue weighted by Crippen LogP contribution is 2.04. The van der Waals surface area contributed by atoms with E-state index in [0.29, 0.717) is 6.10 Å². The van der Waals surface area contributed by atoms with E-state index in [9.17, 15) is 0 Å². The maximum atomic E-state index is 8.35. The average Bonchev–Trinajstić information content (AvgIpc) is 2.76. The second kappa shape index (κ2) is 22.5. The van der Waals surface area contributed by atoms with Gasteiger partial charge in [0, 0.05) is 0 Å². The third kappa shape index (κ3) is 548. The van der Waals surface area contributed by atoms with E-state index in [-0.39, 0.29) is 0 Å². The second-order valence-electron chi connectivity index (χ2n) is 1.45. The molecule has 0 spiro atoms. The van der Waals surface area contributed by atoms with Crippen LogP contribution < -0.4 is 0 Å². The van der Waals surface area contributed by atoms with Gasteiger partial charge in [-0.2, -0.15) is 0 Å². The van der Waals surface area contributed by atoms with Crippen molar-refractivity contribution >= 4 is 18.2 Å². The van der Waals surface area contributed by atoms with Gasteiger partial charge in [-0.1, -0.05) is 0 Å². The van der Waals surface area contributed by atoms with Crippen LogP contribution in [0.5, 0.6) is 0 Å². The van der Waals surface area contributed by atoms with Crippen molar-refractivity contribution in [2.24, 2.45) is 0 Å². The first kappa shape index (κ1) is 17.3. The summed E-state index contributed by atoms with van der Waals surface area (Å²) in [4.78, 5) is 25.0. The Bertz CT molecular complexity index is 165. The Labute approximate surface area is 74.2 Å². The van der Waals surface area contributed by atoms with Gasteiger partial charge >= 0.3 is 0 Å². The van der Waals surface area contributed by atoms with Crippen molar-refractivity contribution in [1.82, 2.24) is 0 Å². The van der Waals surface area contributed by atoms with Crippen LogP contribution in [-0.2, 0) is 19.1 Å². The van der Waals surface area contributed by atoms with Crippen LogP contribution in [0.3, 0.4) is 0 Å². The maximum absolute atomic E-state index is 8.35. The highest BCUT2D eigenvalue weighted by molar-refractivity contribution is 5.26. The van der Waals surface area contributed by atoms with Gasteiger partial charge in [0.2, 0.25) is 18.2 Å². The number of hydrogen-bond acceptors (Lipinski definition) is 7. The van der Waals surface area contributed by atoms with Crippen molar-refractivity contribution in [1.29, 1.82) is 16.2 Å². The van der Waals surface area contributed by atoms with E-state index in [1.807, 2.05) is 0 Å². The zero-order valence-corrected chi connectivity index (χ0v) is 6.92. The van der Waals surface area contributed by atoms with E-state index < -0.39 is 0 Å². The smallest absolute Gasteiger partial charge is 0.231 e. The maximum Gasteiger partial charge on any atom is 0.231 e. The molecule has 0 aromatic rings. The summed E-state index contributed by atoms with van der Waals surface area (Å²) >= 11 is 0. The molecule has 1 saturated heterocycles. The molecule has 1 unspecified atom stereocenters. The average molecular weight is 187 g/mol. The zero-order valence-electron chi connectivity index (χ0n) is 6.92. The molecule has 0 bridgehead atoms. The molecule has 0 radical (unpaired) electrons. The molecule has 72 valence electrons. The van der Waals surface area contributed by atoms with E-state index in [2.05, 4.69) is 6.92 Å². The summed E-state index contributed by atoms with van der Waals surface area (Å²) in [5.74, 6) is 0. The lowest BCUT2D eigenvalue weighted by molar-refractivity contribution is 0.423. The summed E-state index contributed by atoms with van der Waals surface area (Å²) in [6, 6.07) is 0. The topological polar surface area (TPSA) is 135 Å². The SMILES string of the molecule is CC1CO1.N=C=O.N=C=O.N=C=O. The summed E-state index contributed by atoms with van der Waals surface area (Å²) in [5.41, 5.74) is 0. The minimum Gasteiger partial charge on any atom is -0.373 e. The summed E-state index contributed by atoms with van der Waals surface area (Å²) in [6.45, 7) is 3.04. The Morgan fingerprint density at radius 1 is 1.08 bits per heavy atom. The second-order valence-corrected chi connectivity index (χ2v) is 1.45. The molecule has 1 aliphatic heterocycles. The molecule has 7 heteroatoms. The third-order valence-corrected chi connectivity index (χ3v) is 0.500. The molecule has 3 N–H and O–H groups in total. The third-order valence-electron chi connectivity index (χ3n) is 0.500. The molecule has 1 fully saturated rings. The quantitative estimate of drug-likeness (QED) is 0.281. The van der Waals surface area contributed by atoms with Gasteiger partial charge in [-0.25, -0.2) is 30.6 Å². The Morgan fingerprint density at radius 2 is 1.15 bits per heavy atom. The van der Waals surface area contributed by atoms with Crippen molar-refractivity contribution in [3.63, 3.8) is 0 Å². The molecular weight excluding hydrogens is 178 g/mol. The predicted octanol–water partition coefficient (Wildman–Crippen LogP) is 0.108. The minimum absolute atomic E-state index is 0.583. The van der Waals surface area contributed by atoms with Crippen LogP contribution in [-0.4, -0.2) is 31.0 Å². The molecule has 1 heterocycles. The molecule has 1 atom stereocenters. The summed E-state index contributed by atoms with van der Waals surface area (Å²) in [7, 11) is 0. The van der Waals surface area contributed by atoms with Crippen molar-refractivity contribution in [2.45, 2.75) is 13.0 Å². The standard InChI is InChI=1S/C3H6O.3CHNO/c1-3-2-4-3;3*2-1-3/h3H,2H2,1H3;3*2H. The van der Waals surface area contributed by atoms with Crippen LogP contribution >= 0.6 is 0 Å². The normalized spacial score (nSPS) is 14.1. The van der Waals surface area contributed by atoms with Crippen molar-refractivity contribution in [3.05, 3.63) is 0 Å². The summed E-state index contributed by atoms with van der Waals surface area (Å²) in [6.07, 6.45) is 2.83. The van der Waals surface area contributed by atoms with Gasteiger partial charge in [-0.3, -0.25) is 0 Å². The van der Waals surface area contributed by atoms with Crippen LogP contribution in [0.1, 0.15) is 6.92 Å². The van der Waals surface area contributed by atoms with Gasteiger partial charge in [0.1, 0.15) is 0 Å². The van der Waals surface area contributed by atoms with Crippen LogP contribution in [0.15, 0.2) is 0 Å². The van der Waals surface area contributed by atoms with Crippen LogP contribution in [0.25, 0.3) is 0 Å². The zero-order chi connectivity index (χ0) is 11.1. The lowest BCUT2D eigenvalue weighted by Gasteiger charge is -1.50. The van der Waals surface area contributed by atoms with Gasteiger partial charge in [0.15, 0.2) is 0 Å². The van der Waals surface area contributed by atoms with E-state index in [1.165, 1.54) is 0 Å². The number of nitrogens with one attached hydrogen (secondary N) is 3. The van der Waals surface area contributed by atoms with E-state index >= 15 is 0 Å². The van der Waals surface area contributed by atoms with Crippen molar-refractivity contribution < 1.29 is 19.1 Å². The summed E-state index contributed by atoms with van der Waals surface area (Å²) < 4.78 is 4.71. The number of isocyanates is 3. The number of carbonyl (C=O) groups excluding carboxylic acids is 3. The molecule has 0 aromatic heterocycles. The number of hydrogen-bond donors (Lipinski definition) is 3. The Kier molecular flexibility index (Phi) is 29.8. The Hall–Kier alpha value is -1.90. The van der Waals surface area contributed by atoms with Crippen molar-refractivity contribution in [3.8, 4) is 0 Å². The highest BCUT2D eigenvalue weighted by atomic mass is 16.6. The first-order chi connectivity index (χ1) is 6.14. The van der Waals surface area contributed by atoms with Crippen LogP contribution in [0.4, 0.5) is 0 Å². The molecule has 0 aromatic carbocycles. The molecule has 0 saturated carbocycles. The number of epoxide rings is 1. The van der Waals surface area contributed by atoms with E-state index in [1.54, 1.807) is 0 Å². The Morgan fingerprint density at radius 3 is 1.15 bits per heavy atom. The Balaban J connectivity index is -0.000000104. The fraction of sp³-hybridized carbons (Fsp3) is 0.500. The fourth-order valence-corrected chi connectivity index (χ4v) is 0.0962. The van der Waals surface area contributed by atoms with Gasteiger partial charge in [-0.15, -0.1) is 0 Å². The molecule has 7 nitrogen and oxygen atoms in total. The van der Waals surface area contributed by atoms with Crippen LogP contribution in [0, 0.1) is 16.2 Å². The van der Waals surface area contributed by atoms with E-state index in [0.717, 1.165) is 24.8 Å². The van der Waals surface area contributed by atoms with Gasteiger partial charge in [-0.05, 0) is 6.92 Å². The number of rotatable bonds is 0. The largest absolute Gasteiger partial charge is 0.373 e. The highest BCUT2D eigenvalue weighted by Gasteiger charge is 2.13. The molecule has 0 amide bonds. The van der Waals surface area contributed by atoms with Gasteiger partial charge < -0.3 is 4.74 Å². The molecule has 13 heavy (non-hydrogen) atoms. The predicted molar refractivity (Wildman–Crippen MR) is 40.7 cm³/mol. The minimum atomic E-state index is 0.583. The molecular formula is C6H9N3O4. The molecule has 0 aliphatic carbocycles. The lowest BCUT2D eigenvalue weighted by Crippen LogP contribution is -1.60. The van der Waals surface area contributed by atoms with Gasteiger partial charge in [0.25, 0.3) is 0 Å². The lowest BCUT2D eigenvalue weighted by atomic mass is 10.6. The van der Waals surface area contributed by atoms with Crippen molar-refractivity contribution in [2.75, 3.05) is 6.61 Å². The summed E-state index contributed by atoms with van der Waals surface area (Å²) in [5, 5.41) is 16.2. The van der Waals surface area contributed by atoms with Crippen LogP contribution in [0.2, 0.25) is 0 Å². The first-order valence-electron chi connectivity index (χ1n) is 2.87. The molecule has 1 rings (SSSR count). The first-order valence-corrected chi connectivity index (χ1v) is 2.87. The fourth-order valence-electron chi connectivity index (χ4n) is 0.0962. The number of ether oxygens (including phenoxy) is 1.